The van der Waals surface area contributed by atoms with E-state index in [9.17, 15) is 4.79 Å². The quantitative estimate of drug-likeness (QED) is 0.254. The van der Waals surface area contributed by atoms with Crippen LogP contribution in [0.1, 0.15) is 37.0 Å². The molecule has 2 aromatic rings. The van der Waals surface area contributed by atoms with Crippen LogP contribution < -0.4 is 10.3 Å². The average molecular weight is 472 g/mol. The van der Waals surface area contributed by atoms with E-state index in [4.69, 9.17) is 14.9 Å². The van der Waals surface area contributed by atoms with Crippen LogP contribution in [0.3, 0.4) is 0 Å². The second kappa shape index (κ2) is 10.7. The molecule has 182 valence electrons. The van der Waals surface area contributed by atoms with E-state index in [0.29, 0.717) is 29.6 Å². The Morgan fingerprint density at radius 2 is 1.74 bits per heavy atom. The molecule has 4 rings (SSSR count). The molecule has 0 unspecified atom stereocenters. The van der Waals surface area contributed by atoms with Crippen LogP contribution in [0.4, 0.5) is 5.69 Å². The highest BCUT2D eigenvalue weighted by molar-refractivity contribution is 6.09. The predicted octanol–water partition coefficient (Wildman–Crippen LogP) is 5.37. The van der Waals surface area contributed by atoms with Gasteiger partial charge in [-0.1, -0.05) is 18.2 Å². The highest BCUT2D eigenvalue weighted by Gasteiger charge is 2.23. The van der Waals surface area contributed by atoms with Gasteiger partial charge in [-0.3, -0.25) is 4.79 Å². The molecule has 0 spiro atoms. The highest BCUT2D eigenvalue weighted by atomic mass is 16.3. The summed E-state index contributed by atoms with van der Waals surface area (Å²) in [6.45, 7) is 6.73. The van der Waals surface area contributed by atoms with Crippen LogP contribution in [0.25, 0.3) is 33.4 Å². The predicted molar refractivity (Wildman–Crippen MR) is 141 cm³/mol. The Bertz CT molecular complexity index is 1360. The number of nitrogens with one attached hydrogen (secondary N) is 1. The number of anilines is 1. The fourth-order valence-electron chi connectivity index (χ4n) is 4.61. The third-order valence-corrected chi connectivity index (χ3v) is 6.51. The maximum Gasteiger partial charge on any atom is 0.254 e. The second-order valence-electron chi connectivity index (χ2n) is 8.74. The van der Waals surface area contributed by atoms with E-state index in [0.717, 1.165) is 52.9 Å². The zero-order valence-corrected chi connectivity index (χ0v) is 20.7. The minimum Gasteiger partial charge on any atom is -0.456 e. The van der Waals surface area contributed by atoms with Crippen molar-refractivity contribution in [1.82, 2.24) is 4.90 Å². The molecule has 0 radical (unpaired) electrons. The van der Waals surface area contributed by atoms with Crippen molar-refractivity contribution in [3.05, 3.63) is 71.6 Å². The first-order chi connectivity index (χ1) is 17.0. The summed E-state index contributed by atoms with van der Waals surface area (Å²) in [4.78, 5) is 17.5. The van der Waals surface area contributed by atoms with Gasteiger partial charge in [0.05, 0.1) is 5.36 Å². The number of unbranched alkanes of at least 4 members (excludes halogenated alkanes) is 1. The molecule has 1 aliphatic carbocycles. The second-order valence-corrected chi connectivity index (χ2v) is 8.74. The summed E-state index contributed by atoms with van der Waals surface area (Å²) in [7, 11) is 1.80. The van der Waals surface area contributed by atoms with Crippen molar-refractivity contribution in [2.45, 2.75) is 26.7 Å². The first-order valence-corrected chi connectivity index (χ1v) is 12.2. The zero-order valence-electron chi connectivity index (χ0n) is 20.7. The summed E-state index contributed by atoms with van der Waals surface area (Å²) >= 11 is 0. The minimum absolute atomic E-state index is 0.0579. The molecular formula is C29H33N3O3. The van der Waals surface area contributed by atoms with Crippen LogP contribution in [0.5, 0.6) is 0 Å². The molecule has 2 aliphatic rings. The molecule has 1 heterocycles. The van der Waals surface area contributed by atoms with Gasteiger partial charge in [0.2, 0.25) is 0 Å². The van der Waals surface area contributed by atoms with Gasteiger partial charge in [-0.05, 0) is 62.6 Å². The molecule has 0 saturated carbocycles. The molecule has 1 aliphatic heterocycles. The van der Waals surface area contributed by atoms with Crippen molar-refractivity contribution in [2.75, 3.05) is 38.2 Å². The summed E-state index contributed by atoms with van der Waals surface area (Å²) < 4.78 is 6.32. The number of aliphatic hydroxyl groups is 1. The zero-order chi connectivity index (χ0) is 24.9. The van der Waals surface area contributed by atoms with E-state index in [2.05, 4.69) is 30.9 Å². The fourth-order valence-corrected chi connectivity index (χ4v) is 4.61. The van der Waals surface area contributed by atoms with E-state index < -0.39 is 0 Å². The van der Waals surface area contributed by atoms with Crippen molar-refractivity contribution in [3.8, 4) is 22.5 Å². The van der Waals surface area contributed by atoms with Crippen LogP contribution in [0.15, 0.2) is 65.1 Å². The number of rotatable bonds is 9. The Balaban J connectivity index is 1.93. The number of fused-ring (bicyclic) bond motifs is 2. The maximum atomic E-state index is 13.5. The van der Waals surface area contributed by atoms with E-state index >= 15 is 0 Å². The number of hydrogen-bond donors (Lipinski definition) is 2. The Hall–Kier alpha value is -3.64. The number of aliphatic hydroxyl groups excluding tert-OH is 1. The van der Waals surface area contributed by atoms with Gasteiger partial charge in [-0.15, -0.1) is 0 Å². The number of carbonyl (C=O) groups is 1. The van der Waals surface area contributed by atoms with Gasteiger partial charge in [-0.2, -0.15) is 0 Å². The van der Waals surface area contributed by atoms with E-state index in [-0.39, 0.29) is 12.5 Å². The van der Waals surface area contributed by atoms with E-state index in [1.807, 2.05) is 36.4 Å². The number of benzene rings is 3. The van der Waals surface area contributed by atoms with Gasteiger partial charge in [0.15, 0.2) is 0 Å². The lowest BCUT2D eigenvalue weighted by atomic mass is 9.90. The molecule has 1 amide bonds. The van der Waals surface area contributed by atoms with E-state index in [1.54, 1.807) is 24.1 Å². The Morgan fingerprint density at radius 1 is 0.971 bits per heavy atom. The lowest BCUT2D eigenvalue weighted by Gasteiger charge is -2.23. The van der Waals surface area contributed by atoms with Crippen LogP contribution in [0, 0.1) is 5.41 Å². The third-order valence-electron chi connectivity index (χ3n) is 6.51. The molecule has 0 atom stereocenters. The summed E-state index contributed by atoms with van der Waals surface area (Å²) in [6, 6.07) is 19.3. The van der Waals surface area contributed by atoms with Gasteiger partial charge in [0.1, 0.15) is 11.3 Å². The van der Waals surface area contributed by atoms with Crippen molar-refractivity contribution >= 4 is 22.6 Å². The number of amides is 1. The normalized spacial score (nSPS) is 11.2. The first-order valence-electron chi connectivity index (χ1n) is 12.2. The monoisotopic (exact) mass is 471 g/mol. The van der Waals surface area contributed by atoms with Crippen molar-refractivity contribution in [3.63, 3.8) is 0 Å². The lowest BCUT2D eigenvalue weighted by molar-refractivity contribution is 0.0791. The SMILES string of the molecule is CCN(CC)c1ccc2c(-c3ccccc3C(=O)N(C)CCCCO)c3ccc(=N)cc-3oc2c1. The van der Waals surface area contributed by atoms with Gasteiger partial charge < -0.3 is 24.7 Å². The van der Waals surface area contributed by atoms with Crippen LogP contribution >= 0.6 is 0 Å². The number of carbonyl (C=O) groups excluding carboxylic acids is 1. The van der Waals surface area contributed by atoms with Crippen molar-refractivity contribution in [2.24, 2.45) is 0 Å². The summed E-state index contributed by atoms with van der Waals surface area (Å²) in [5.74, 6) is 0.563. The third kappa shape index (κ3) is 4.93. The number of nitrogens with zero attached hydrogens (tertiary/aromatic N) is 2. The molecular weight excluding hydrogens is 438 g/mol. The first kappa shape index (κ1) is 24.5. The largest absolute Gasteiger partial charge is 0.456 e. The molecule has 0 fully saturated rings. The smallest absolute Gasteiger partial charge is 0.254 e. The van der Waals surface area contributed by atoms with Gasteiger partial charge in [0, 0.05) is 73.2 Å². The maximum absolute atomic E-state index is 13.5. The van der Waals surface area contributed by atoms with Crippen molar-refractivity contribution < 1.29 is 14.3 Å². The van der Waals surface area contributed by atoms with Gasteiger partial charge >= 0.3 is 0 Å². The number of hydrogen-bond acceptors (Lipinski definition) is 5. The molecule has 0 aromatic heterocycles. The van der Waals surface area contributed by atoms with Gasteiger partial charge in [-0.25, -0.2) is 0 Å². The summed E-state index contributed by atoms with van der Waals surface area (Å²) in [6.07, 6.45) is 1.41. The molecule has 0 bridgehead atoms. The van der Waals surface area contributed by atoms with Crippen LogP contribution in [0.2, 0.25) is 0 Å². The standard InChI is InChI=1S/C29H33N3O3/c1-4-32(5-2)21-13-15-25-27(19-21)35-26-18-20(30)12-14-24(26)28(25)22-10-6-7-11-23(22)29(34)31(3)16-8-9-17-33/h6-7,10-15,18-19,30,33H,4-5,8-9,16-17H2,1-3H3. The summed E-state index contributed by atoms with van der Waals surface area (Å²) in [5, 5.41) is 18.5. The van der Waals surface area contributed by atoms with Crippen LogP contribution in [-0.4, -0.2) is 49.2 Å². The molecule has 2 aromatic carbocycles. The lowest BCUT2D eigenvalue weighted by Crippen LogP contribution is -2.28. The molecule has 2 N–H and O–H groups in total. The summed E-state index contributed by atoms with van der Waals surface area (Å²) in [5.41, 5.74) is 5.06. The Labute approximate surface area is 206 Å². The topological polar surface area (TPSA) is 80.8 Å². The minimum atomic E-state index is -0.0579. The van der Waals surface area contributed by atoms with Crippen LogP contribution in [-0.2, 0) is 0 Å². The highest BCUT2D eigenvalue weighted by Crippen LogP contribution is 2.42. The fraction of sp³-hybridized carbons (Fsp3) is 0.310. The Kier molecular flexibility index (Phi) is 7.51. The Morgan fingerprint density at radius 3 is 2.49 bits per heavy atom. The van der Waals surface area contributed by atoms with E-state index in [1.165, 1.54) is 0 Å². The molecule has 6 nitrogen and oxygen atoms in total. The molecule has 0 saturated heterocycles. The van der Waals surface area contributed by atoms with Crippen molar-refractivity contribution in [1.29, 1.82) is 5.41 Å². The molecule has 6 heteroatoms. The molecule has 35 heavy (non-hydrogen) atoms. The van der Waals surface area contributed by atoms with Gasteiger partial charge in [0.25, 0.3) is 5.91 Å². The average Bonchev–Trinajstić information content (AvgIpc) is 2.87.